The van der Waals surface area contributed by atoms with Gasteiger partial charge in [-0.3, -0.25) is 4.79 Å². The molecule has 1 heterocycles. The van der Waals surface area contributed by atoms with Crippen LogP contribution in [0, 0.1) is 5.92 Å². The summed E-state index contributed by atoms with van der Waals surface area (Å²) in [4.78, 5) is 13.3. The Hall–Kier alpha value is -0.790. The van der Waals surface area contributed by atoms with Gasteiger partial charge in [-0.1, -0.05) is 26.3 Å². The highest BCUT2D eigenvalue weighted by Gasteiger charge is 2.27. The van der Waals surface area contributed by atoms with E-state index in [9.17, 15) is 4.79 Å². The average molecular weight is 181 g/mol. The van der Waals surface area contributed by atoms with Crippen LogP contribution in [0.3, 0.4) is 0 Å². The van der Waals surface area contributed by atoms with Crippen LogP contribution in [-0.4, -0.2) is 23.9 Å². The molecule has 0 spiro atoms. The van der Waals surface area contributed by atoms with E-state index in [0.29, 0.717) is 0 Å². The van der Waals surface area contributed by atoms with E-state index < -0.39 is 0 Å². The third-order valence-corrected chi connectivity index (χ3v) is 2.56. The quantitative estimate of drug-likeness (QED) is 0.609. The zero-order valence-electron chi connectivity index (χ0n) is 8.62. The topological polar surface area (TPSA) is 20.3 Å². The molecule has 74 valence electrons. The van der Waals surface area contributed by atoms with E-state index in [0.717, 1.165) is 31.8 Å². The molecule has 2 heteroatoms. The molecular weight excluding hydrogens is 162 g/mol. The summed E-state index contributed by atoms with van der Waals surface area (Å²) in [6.07, 6.45) is 7.01. The molecule has 1 fully saturated rings. The first-order valence-corrected chi connectivity index (χ1v) is 5.23. The van der Waals surface area contributed by atoms with E-state index in [4.69, 9.17) is 0 Å². The van der Waals surface area contributed by atoms with E-state index in [-0.39, 0.29) is 5.91 Å². The molecule has 0 aromatic carbocycles. The van der Waals surface area contributed by atoms with Crippen LogP contribution in [0.15, 0.2) is 12.2 Å². The zero-order valence-corrected chi connectivity index (χ0v) is 8.62. The van der Waals surface area contributed by atoms with Crippen molar-refractivity contribution in [3.8, 4) is 0 Å². The van der Waals surface area contributed by atoms with E-state index in [1.165, 1.54) is 6.42 Å². The number of allylic oxidation sites excluding steroid dienone is 1. The van der Waals surface area contributed by atoms with Gasteiger partial charge in [0.2, 0.25) is 5.91 Å². The van der Waals surface area contributed by atoms with Crippen LogP contribution in [0.5, 0.6) is 0 Å². The van der Waals surface area contributed by atoms with Crippen LogP contribution in [0.2, 0.25) is 0 Å². The fourth-order valence-corrected chi connectivity index (χ4v) is 1.46. The lowest BCUT2D eigenvalue weighted by Gasteiger charge is -2.38. The lowest BCUT2D eigenvalue weighted by atomic mass is 9.97. The number of unbranched alkanes of at least 4 members (excludes halogenated alkanes) is 1. The summed E-state index contributed by atoms with van der Waals surface area (Å²) in [5, 5.41) is 0. The van der Waals surface area contributed by atoms with Crippen LogP contribution in [0.25, 0.3) is 0 Å². The van der Waals surface area contributed by atoms with Crippen molar-refractivity contribution in [3.63, 3.8) is 0 Å². The van der Waals surface area contributed by atoms with Crippen LogP contribution in [0.1, 0.15) is 33.1 Å². The van der Waals surface area contributed by atoms with Gasteiger partial charge in [-0.25, -0.2) is 0 Å². The van der Waals surface area contributed by atoms with Crippen LogP contribution >= 0.6 is 0 Å². The Balaban J connectivity index is 2.19. The predicted molar refractivity (Wildman–Crippen MR) is 54.4 cm³/mol. The summed E-state index contributed by atoms with van der Waals surface area (Å²) in [7, 11) is 0. The fraction of sp³-hybridized carbons (Fsp3) is 0.727. The van der Waals surface area contributed by atoms with Crippen molar-refractivity contribution in [2.75, 3.05) is 13.1 Å². The van der Waals surface area contributed by atoms with Gasteiger partial charge in [0.05, 0.1) is 0 Å². The summed E-state index contributed by atoms with van der Waals surface area (Å²) in [6, 6.07) is 0. The van der Waals surface area contributed by atoms with Crippen LogP contribution in [-0.2, 0) is 4.79 Å². The maximum atomic E-state index is 11.4. The van der Waals surface area contributed by atoms with Crippen LogP contribution < -0.4 is 0 Å². The Kier molecular flexibility index (Phi) is 4.00. The monoisotopic (exact) mass is 181 g/mol. The first kappa shape index (κ1) is 10.3. The third-order valence-electron chi connectivity index (χ3n) is 2.56. The number of nitrogens with zero attached hydrogens (tertiary/aromatic N) is 1. The minimum atomic E-state index is 0.193. The first-order chi connectivity index (χ1) is 6.27. The standard InChI is InChI=1S/C11H19NO/c1-3-5-6-7-11(13)12-8-10(4-2)9-12/h6-7,10H,3-5,8-9H2,1-2H3/b7-6+. The number of hydrogen-bond donors (Lipinski definition) is 0. The van der Waals surface area contributed by atoms with Gasteiger partial charge < -0.3 is 4.90 Å². The summed E-state index contributed by atoms with van der Waals surface area (Å²) in [5.41, 5.74) is 0. The lowest BCUT2D eigenvalue weighted by molar-refractivity contribution is -0.132. The van der Waals surface area contributed by atoms with E-state index in [1.807, 2.05) is 11.0 Å². The molecule has 0 atom stereocenters. The summed E-state index contributed by atoms with van der Waals surface area (Å²) in [5.74, 6) is 0.946. The molecule has 2 nitrogen and oxygen atoms in total. The Morgan fingerprint density at radius 3 is 2.69 bits per heavy atom. The normalized spacial score (nSPS) is 17.8. The SMILES string of the molecule is CCC/C=C/C(=O)N1CC(CC)C1. The van der Waals surface area contributed by atoms with Crippen LogP contribution in [0.4, 0.5) is 0 Å². The Bertz CT molecular complexity index is 192. The van der Waals surface area contributed by atoms with Crippen molar-refractivity contribution < 1.29 is 4.79 Å². The molecule has 1 amide bonds. The van der Waals surface area contributed by atoms with Crippen molar-refractivity contribution in [1.29, 1.82) is 0 Å². The minimum absolute atomic E-state index is 0.193. The number of amides is 1. The number of carbonyl (C=O) groups excluding carboxylic acids is 1. The van der Waals surface area contributed by atoms with Gasteiger partial charge in [0.15, 0.2) is 0 Å². The second-order valence-corrected chi connectivity index (χ2v) is 3.71. The summed E-state index contributed by atoms with van der Waals surface area (Å²) in [6.45, 7) is 6.22. The smallest absolute Gasteiger partial charge is 0.246 e. The second-order valence-electron chi connectivity index (χ2n) is 3.71. The predicted octanol–water partition coefficient (Wildman–Crippen LogP) is 2.21. The van der Waals surface area contributed by atoms with Gasteiger partial charge >= 0.3 is 0 Å². The molecule has 1 saturated heterocycles. The molecular formula is C11H19NO. The molecule has 0 bridgehead atoms. The lowest BCUT2D eigenvalue weighted by Crippen LogP contribution is -2.49. The molecule has 1 aliphatic rings. The van der Waals surface area contributed by atoms with Gasteiger partial charge in [-0.2, -0.15) is 0 Å². The van der Waals surface area contributed by atoms with Crippen molar-refractivity contribution in [3.05, 3.63) is 12.2 Å². The van der Waals surface area contributed by atoms with Gasteiger partial charge in [0.25, 0.3) is 0 Å². The highest BCUT2D eigenvalue weighted by Crippen LogP contribution is 2.18. The molecule has 1 aliphatic heterocycles. The van der Waals surface area contributed by atoms with Crippen molar-refractivity contribution in [1.82, 2.24) is 4.90 Å². The Morgan fingerprint density at radius 1 is 1.46 bits per heavy atom. The maximum Gasteiger partial charge on any atom is 0.246 e. The van der Waals surface area contributed by atoms with E-state index >= 15 is 0 Å². The van der Waals surface area contributed by atoms with Crippen molar-refractivity contribution in [2.24, 2.45) is 5.92 Å². The van der Waals surface area contributed by atoms with Gasteiger partial charge in [-0.15, -0.1) is 0 Å². The molecule has 1 rings (SSSR count). The number of rotatable bonds is 4. The van der Waals surface area contributed by atoms with Crippen molar-refractivity contribution in [2.45, 2.75) is 33.1 Å². The average Bonchev–Trinajstić information content (AvgIpc) is 2.03. The molecule has 13 heavy (non-hydrogen) atoms. The molecule has 0 saturated carbocycles. The van der Waals surface area contributed by atoms with Gasteiger partial charge in [-0.05, 0) is 24.8 Å². The molecule has 0 N–H and O–H groups in total. The first-order valence-electron chi connectivity index (χ1n) is 5.23. The summed E-state index contributed by atoms with van der Waals surface area (Å²) < 4.78 is 0. The van der Waals surface area contributed by atoms with Crippen molar-refractivity contribution >= 4 is 5.91 Å². The molecule has 0 aromatic heterocycles. The van der Waals surface area contributed by atoms with E-state index in [1.54, 1.807) is 6.08 Å². The summed E-state index contributed by atoms with van der Waals surface area (Å²) >= 11 is 0. The number of hydrogen-bond acceptors (Lipinski definition) is 1. The molecule has 0 radical (unpaired) electrons. The highest BCUT2D eigenvalue weighted by molar-refractivity contribution is 5.88. The van der Waals surface area contributed by atoms with E-state index in [2.05, 4.69) is 13.8 Å². The molecule has 0 aromatic rings. The van der Waals surface area contributed by atoms with Gasteiger partial charge in [0, 0.05) is 13.1 Å². The Labute approximate surface area is 80.6 Å². The zero-order chi connectivity index (χ0) is 9.68. The minimum Gasteiger partial charge on any atom is -0.338 e. The molecule has 0 unspecified atom stereocenters. The maximum absolute atomic E-state index is 11.4. The fourth-order valence-electron chi connectivity index (χ4n) is 1.46. The largest absolute Gasteiger partial charge is 0.338 e. The number of likely N-dealkylation sites (tertiary alicyclic amines) is 1. The van der Waals surface area contributed by atoms with Gasteiger partial charge in [0.1, 0.15) is 0 Å². The highest BCUT2D eigenvalue weighted by atomic mass is 16.2. The number of carbonyl (C=O) groups is 1. The molecule has 0 aliphatic carbocycles. The third kappa shape index (κ3) is 2.87. The second kappa shape index (κ2) is 5.05. The Morgan fingerprint density at radius 2 is 2.15 bits per heavy atom.